The molecule has 1 heterocycles. The molecule has 2 atom stereocenters. The standard InChI is InChI=1S/C16H28N2O/c1-2-10-18-16(14-9-11-19-12-14)8-7-15(17)13-5-3-4-6-13/h9,11-13,15-16,18H,2-8,10,17H2,1H3. The Bertz CT molecular complexity index is 331. The molecule has 1 fully saturated rings. The predicted octanol–water partition coefficient (Wildman–Crippen LogP) is 3.62. The summed E-state index contributed by atoms with van der Waals surface area (Å²) in [7, 11) is 0. The average Bonchev–Trinajstić information content (AvgIpc) is 3.11. The first-order chi connectivity index (χ1) is 9.31. The minimum atomic E-state index is 0.375. The summed E-state index contributed by atoms with van der Waals surface area (Å²) in [6.45, 7) is 3.25. The molecule has 2 unspecified atom stereocenters. The lowest BCUT2D eigenvalue weighted by atomic mass is 9.92. The fraction of sp³-hybridized carbons (Fsp3) is 0.750. The molecule has 1 aromatic rings. The lowest BCUT2D eigenvalue weighted by Gasteiger charge is -2.22. The third-order valence-corrected chi connectivity index (χ3v) is 4.38. The van der Waals surface area contributed by atoms with Gasteiger partial charge in [-0.2, -0.15) is 0 Å². The molecule has 3 heteroatoms. The highest BCUT2D eigenvalue weighted by Gasteiger charge is 2.23. The maximum Gasteiger partial charge on any atom is 0.0950 e. The van der Waals surface area contributed by atoms with E-state index in [2.05, 4.69) is 18.3 Å². The smallest absolute Gasteiger partial charge is 0.0950 e. The Labute approximate surface area is 116 Å². The Morgan fingerprint density at radius 1 is 1.37 bits per heavy atom. The SMILES string of the molecule is CCCNC(CCC(N)C1CCCC1)c1ccoc1. The monoisotopic (exact) mass is 264 g/mol. The van der Waals surface area contributed by atoms with E-state index in [1.165, 1.54) is 31.2 Å². The van der Waals surface area contributed by atoms with Crippen LogP contribution in [0.5, 0.6) is 0 Å². The van der Waals surface area contributed by atoms with Crippen molar-refractivity contribution < 1.29 is 4.42 Å². The minimum absolute atomic E-state index is 0.375. The first-order valence-electron chi connectivity index (χ1n) is 7.82. The number of nitrogens with one attached hydrogen (secondary N) is 1. The molecule has 1 aromatic heterocycles. The molecule has 1 aliphatic rings. The van der Waals surface area contributed by atoms with Crippen LogP contribution in [-0.4, -0.2) is 12.6 Å². The van der Waals surface area contributed by atoms with E-state index in [9.17, 15) is 0 Å². The van der Waals surface area contributed by atoms with Gasteiger partial charge in [0.1, 0.15) is 0 Å². The molecule has 2 rings (SSSR count). The summed E-state index contributed by atoms with van der Waals surface area (Å²) >= 11 is 0. The van der Waals surface area contributed by atoms with Gasteiger partial charge in [0.25, 0.3) is 0 Å². The molecule has 1 saturated carbocycles. The number of rotatable bonds is 8. The van der Waals surface area contributed by atoms with Gasteiger partial charge in [-0.3, -0.25) is 0 Å². The first kappa shape index (κ1) is 14.6. The molecule has 0 aliphatic heterocycles. The fourth-order valence-corrected chi connectivity index (χ4v) is 3.16. The van der Waals surface area contributed by atoms with Gasteiger partial charge in [0.15, 0.2) is 0 Å². The molecule has 1 aliphatic carbocycles. The van der Waals surface area contributed by atoms with Crippen molar-refractivity contribution in [1.82, 2.24) is 5.32 Å². The van der Waals surface area contributed by atoms with E-state index in [-0.39, 0.29) is 0 Å². The van der Waals surface area contributed by atoms with Crippen molar-refractivity contribution in [3.05, 3.63) is 24.2 Å². The summed E-state index contributed by atoms with van der Waals surface area (Å²) in [6.07, 6.45) is 12.4. The Morgan fingerprint density at radius 2 is 2.16 bits per heavy atom. The second-order valence-electron chi connectivity index (χ2n) is 5.85. The third kappa shape index (κ3) is 4.36. The zero-order valence-corrected chi connectivity index (χ0v) is 12.1. The Morgan fingerprint density at radius 3 is 2.79 bits per heavy atom. The van der Waals surface area contributed by atoms with Crippen LogP contribution in [0.4, 0.5) is 0 Å². The molecule has 0 bridgehead atoms. The van der Waals surface area contributed by atoms with Crippen LogP contribution in [0.3, 0.4) is 0 Å². The number of hydrogen-bond donors (Lipinski definition) is 2. The molecule has 19 heavy (non-hydrogen) atoms. The van der Waals surface area contributed by atoms with E-state index in [1.54, 1.807) is 6.26 Å². The highest BCUT2D eigenvalue weighted by Crippen LogP contribution is 2.30. The van der Waals surface area contributed by atoms with E-state index in [4.69, 9.17) is 10.2 Å². The van der Waals surface area contributed by atoms with Gasteiger partial charge in [0.2, 0.25) is 0 Å². The van der Waals surface area contributed by atoms with Gasteiger partial charge in [-0.15, -0.1) is 0 Å². The van der Waals surface area contributed by atoms with E-state index in [0.29, 0.717) is 12.1 Å². The van der Waals surface area contributed by atoms with Crippen LogP contribution in [0, 0.1) is 5.92 Å². The lowest BCUT2D eigenvalue weighted by molar-refractivity contribution is 0.371. The summed E-state index contributed by atoms with van der Waals surface area (Å²) in [5, 5.41) is 3.60. The van der Waals surface area contributed by atoms with E-state index >= 15 is 0 Å². The third-order valence-electron chi connectivity index (χ3n) is 4.38. The van der Waals surface area contributed by atoms with Gasteiger partial charge in [-0.05, 0) is 50.6 Å². The van der Waals surface area contributed by atoms with Crippen LogP contribution >= 0.6 is 0 Å². The van der Waals surface area contributed by atoms with Crippen LogP contribution in [0.2, 0.25) is 0 Å². The summed E-state index contributed by atoms with van der Waals surface area (Å²) < 4.78 is 5.21. The zero-order chi connectivity index (χ0) is 13.5. The highest BCUT2D eigenvalue weighted by atomic mass is 16.3. The lowest BCUT2D eigenvalue weighted by Crippen LogP contribution is -2.30. The van der Waals surface area contributed by atoms with Crippen LogP contribution in [0.25, 0.3) is 0 Å². The summed E-state index contributed by atoms with van der Waals surface area (Å²) in [4.78, 5) is 0. The van der Waals surface area contributed by atoms with Gasteiger partial charge in [-0.1, -0.05) is 19.8 Å². The Balaban J connectivity index is 1.81. The fourth-order valence-electron chi connectivity index (χ4n) is 3.16. The first-order valence-corrected chi connectivity index (χ1v) is 7.82. The largest absolute Gasteiger partial charge is 0.472 e. The second kappa shape index (κ2) is 7.71. The van der Waals surface area contributed by atoms with Gasteiger partial charge in [0, 0.05) is 17.6 Å². The van der Waals surface area contributed by atoms with Crippen molar-refractivity contribution in [2.75, 3.05) is 6.54 Å². The number of hydrogen-bond acceptors (Lipinski definition) is 3. The maximum absolute atomic E-state index is 6.36. The molecular weight excluding hydrogens is 236 g/mol. The summed E-state index contributed by atoms with van der Waals surface area (Å²) in [6, 6.07) is 2.83. The van der Waals surface area contributed by atoms with Crippen molar-refractivity contribution in [2.24, 2.45) is 11.7 Å². The average molecular weight is 264 g/mol. The highest BCUT2D eigenvalue weighted by molar-refractivity contribution is 5.11. The van der Waals surface area contributed by atoms with Crippen molar-refractivity contribution in [2.45, 2.75) is 64.0 Å². The number of nitrogens with two attached hydrogens (primary N) is 1. The van der Waals surface area contributed by atoms with Gasteiger partial charge in [-0.25, -0.2) is 0 Å². The zero-order valence-electron chi connectivity index (χ0n) is 12.1. The van der Waals surface area contributed by atoms with Crippen molar-refractivity contribution in [1.29, 1.82) is 0 Å². The van der Waals surface area contributed by atoms with Crippen molar-refractivity contribution >= 4 is 0 Å². The van der Waals surface area contributed by atoms with E-state index in [0.717, 1.165) is 31.7 Å². The van der Waals surface area contributed by atoms with Crippen LogP contribution < -0.4 is 11.1 Å². The molecule has 0 amide bonds. The Hall–Kier alpha value is -0.800. The number of furan rings is 1. The summed E-state index contributed by atoms with van der Waals surface area (Å²) in [5.74, 6) is 0.760. The quantitative estimate of drug-likeness (QED) is 0.754. The molecule has 0 aromatic carbocycles. The van der Waals surface area contributed by atoms with Crippen molar-refractivity contribution in [3.8, 4) is 0 Å². The van der Waals surface area contributed by atoms with Gasteiger partial charge in [0.05, 0.1) is 12.5 Å². The van der Waals surface area contributed by atoms with Crippen LogP contribution in [0.15, 0.2) is 23.0 Å². The topological polar surface area (TPSA) is 51.2 Å². The van der Waals surface area contributed by atoms with Crippen LogP contribution in [0.1, 0.15) is 63.5 Å². The molecule has 0 radical (unpaired) electrons. The minimum Gasteiger partial charge on any atom is -0.472 e. The van der Waals surface area contributed by atoms with Gasteiger partial charge >= 0.3 is 0 Å². The van der Waals surface area contributed by atoms with Crippen LogP contribution in [-0.2, 0) is 0 Å². The summed E-state index contributed by atoms with van der Waals surface area (Å²) in [5.41, 5.74) is 7.61. The second-order valence-corrected chi connectivity index (χ2v) is 5.85. The predicted molar refractivity (Wildman–Crippen MR) is 78.9 cm³/mol. The van der Waals surface area contributed by atoms with Gasteiger partial charge < -0.3 is 15.5 Å². The molecule has 0 saturated heterocycles. The molecule has 108 valence electrons. The Kier molecular flexibility index (Phi) is 5.93. The van der Waals surface area contributed by atoms with E-state index in [1.807, 2.05) is 6.26 Å². The van der Waals surface area contributed by atoms with Crippen molar-refractivity contribution in [3.63, 3.8) is 0 Å². The molecule has 3 N–H and O–H groups in total. The molecule has 0 spiro atoms. The normalized spacial score (nSPS) is 19.7. The van der Waals surface area contributed by atoms with E-state index < -0.39 is 0 Å². The molecular formula is C16H28N2O. The maximum atomic E-state index is 6.36. The molecule has 3 nitrogen and oxygen atoms in total.